The molecular formula is C23H29FO4S. The van der Waals surface area contributed by atoms with Crippen LogP contribution in [0.1, 0.15) is 68.8 Å². The number of aliphatic hydroxyl groups excluding tert-OH is 1. The van der Waals surface area contributed by atoms with Gasteiger partial charge in [0, 0.05) is 34.3 Å². The fourth-order valence-electron chi connectivity index (χ4n) is 4.40. The van der Waals surface area contributed by atoms with Crippen molar-refractivity contribution in [2.45, 2.75) is 70.1 Å². The summed E-state index contributed by atoms with van der Waals surface area (Å²) < 4.78 is 15.6. The number of thiophene rings is 1. The Morgan fingerprint density at radius 2 is 1.93 bits per heavy atom. The molecule has 1 aliphatic carbocycles. The van der Waals surface area contributed by atoms with Gasteiger partial charge in [0.2, 0.25) is 0 Å². The fourth-order valence-corrected chi connectivity index (χ4v) is 5.48. The van der Waals surface area contributed by atoms with Crippen LogP contribution >= 0.6 is 11.3 Å². The van der Waals surface area contributed by atoms with Crippen LogP contribution in [0.4, 0.5) is 4.39 Å². The van der Waals surface area contributed by atoms with E-state index in [4.69, 9.17) is 5.11 Å². The third-order valence-electron chi connectivity index (χ3n) is 5.99. The average Bonchev–Trinajstić information content (AvgIpc) is 3.23. The molecule has 2 aromatic rings. The number of halogens is 1. The first-order valence-electron chi connectivity index (χ1n) is 10.5. The maximum Gasteiger partial charge on any atom is 0.303 e. The van der Waals surface area contributed by atoms with E-state index in [1.807, 2.05) is 30.3 Å². The number of rotatable bonds is 11. The van der Waals surface area contributed by atoms with Crippen molar-refractivity contribution in [1.82, 2.24) is 0 Å². The van der Waals surface area contributed by atoms with Crippen molar-refractivity contribution in [1.29, 1.82) is 0 Å². The van der Waals surface area contributed by atoms with E-state index in [9.17, 15) is 19.1 Å². The first-order valence-corrected chi connectivity index (χ1v) is 11.3. The van der Waals surface area contributed by atoms with Crippen LogP contribution in [0.5, 0.6) is 0 Å². The maximum absolute atomic E-state index is 14.5. The monoisotopic (exact) mass is 420 g/mol. The predicted molar refractivity (Wildman–Crippen MR) is 113 cm³/mol. The summed E-state index contributed by atoms with van der Waals surface area (Å²) in [6.45, 7) is 0. The highest BCUT2D eigenvalue weighted by Gasteiger charge is 2.42. The second kappa shape index (κ2) is 10.3. The lowest BCUT2D eigenvalue weighted by Crippen LogP contribution is -2.19. The van der Waals surface area contributed by atoms with Gasteiger partial charge in [-0.15, -0.1) is 11.3 Å². The number of carboxylic acid groups (broad SMARTS) is 1. The Morgan fingerprint density at radius 1 is 1.17 bits per heavy atom. The van der Waals surface area contributed by atoms with E-state index in [1.54, 1.807) is 11.3 Å². The standard InChI is InChI=1S/C23H29FO4S/c24-18-14-20(26)17(8-3-1-2-4-10-23(27)28)16(18)11-12-19(25)22-13-15-7-5-6-9-21(15)29-22/h5-7,9,13,16-19,25H,1-4,8,10-12,14H2,(H,27,28)/t16-,17-,18-,19?/m1/s1. The summed E-state index contributed by atoms with van der Waals surface area (Å²) in [6.07, 6.45) is 3.19. The van der Waals surface area contributed by atoms with Crippen LogP contribution in [-0.2, 0) is 9.59 Å². The average molecular weight is 421 g/mol. The molecule has 0 saturated heterocycles. The van der Waals surface area contributed by atoms with Crippen molar-refractivity contribution in [2.75, 3.05) is 0 Å². The highest BCUT2D eigenvalue weighted by atomic mass is 32.1. The van der Waals surface area contributed by atoms with Crippen LogP contribution in [0, 0.1) is 11.8 Å². The Bertz CT molecular complexity index is 800. The summed E-state index contributed by atoms with van der Waals surface area (Å²) in [5, 5.41) is 20.4. The minimum absolute atomic E-state index is 0.00406. The number of carbonyl (C=O) groups excluding carboxylic acids is 1. The van der Waals surface area contributed by atoms with E-state index in [-0.39, 0.29) is 30.5 Å². The van der Waals surface area contributed by atoms with Gasteiger partial charge in [-0.1, -0.05) is 37.5 Å². The van der Waals surface area contributed by atoms with Crippen LogP contribution in [0.25, 0.3) is 10.1 Å². The van der Waals surface area contributed by atoms with E-state index in [1.165, 1.54) is 0 Å². The van der Waals surface area contributed by atoms with Crippen molar-refractivity contribution >= 4 is 33.2 Å². The molecule has 6 heteroatoms. The number of ketones is 1. The Hall–Kier alpha value is -1.79. The number of aliphatic carboxylic acids is 1. The molecule has 1 aromatic carbocycles. The van der Waals surface area contributed by atoms with Gasteiger partial charge in [-0.25, -0.2) is 4.39 Å². The van der Waals surface area contributed by atoms with Crippen LogP contribution in [-0.4, -0.2) is 28.1 Å². The van der Waals surface area contributed by atoms with E-state index in [0.29, 0.717) is 25.7 Å². The molecule has 3 rings (SSSR count). The Morgan fingerprint density at radius 3 is 2.69 bits per heavy atom. The zero-order chi connectivity index (χ0) is 20.8. The number of carboxylic acids is 1. The third-order valence-corrected chi connectivity index (χ3v) is 7.21. The van der Waals surface area contributed by atoms with Crippen molar-refractivity contribution in [2.24, 2.45) is 11.8 Å². The number of aliphatic hydroxyl groups is 1. The van der Waals surface area contributed by atoms with Crippen LogP contribution in [0.3, 0.4) is 0 Å². The number of alkyl halides is 1. The smallest absolute Gasteiger partial charge is 0.303 e. The van der Waals surface area contributed by atoms with Gasteiger partial charge in [0.25, 0.3) is 0 Å². The topological polar surface area (TPSA) is 74.6 Å². The zero-order valence-electron chi connectivity index (χ0n) is 16.6. The molecule has 158 valence electrons. The summed E-state index contributed by atoms with van der Waals surface area (Å²) in [5.41, 5.74) is 0. The van der Waals surface area contributed by atoms with Crippen molar-refractivity contribution in [3.05, 3.63) is 35.2 Å². The SMILES string of the molecule is O=C(O)CCCCCC[C@H]1C(=O)C[C@@H](F)[C@@H]1CCC(O)c1cc2ccccc2s1. The molecule has 4 nitrogen and oxygen atoms in total. The summed E-state index contributed by atoms with van der Waals surface area (Å²) in [6, 6.07) is 9.97. The Balaban J connectivity index is 1.49. The number of hydrogen-bond acceptors (Lipinski definition) is 4. The highest BCUT2D eigenvalue weighted by Crippen LogP contribution is 2.40. The van der Waals surface area contributed by atoms with E-state index < -0.39 is 18.2 Å². The first-order chi connectivity index (χ1) is 14.0. The number of unbranched alkanes of at least 4 members (excludes halogenated alkanes) is 3. The van der Waals surface area contributed by atoms with Gasteiger partial charge in [-0.05, 0) is 43.2 Å². The minimum Gasteiger partial charge on any atom is -0.481 e. The molecule has 4 atom stereocenters. The zero-order valence-corrected chi connectivity index (χ0v) is 17.4. The largest absolute Gasteiger partial charge is 0.481 e. The van der Waals surface area contributed by atoms with Crippen molar-refractivity contribution < 1.29 is 24.2 Å². The lowest BCUT2D eigenvalue weighted by molar-refractivity contribution is -0.137. The van der Waals surface area contributed by atoms with Gasteiger partial charge < -0.3 is 10.2 Å². The molecule has 2 N–H and O–H groups in total. The summed E-state index contributed by atoms with van der Waals surface area (Å²) >= 11 is 1.56. The molecular weight excluding hydrogens is 391 g/mol. The van der Waals surface area contributed by atoms with Gasteiger partial charge >= 0.3 is 5.97 Å². The molecule has 1 saturated carbocycles. The van der Waals surface area contributed by atoms with Gasteiger partial charge in [0.1, 0.15) is 12.0 Å². The summed E-state index contributed by atoms with van der Waals surface area (Å²) in [5.74, 6) is -1.36. The quantitative estimate of drug-likeness (QED) is 0.458. The van der Waals surface area contributed by atoms with Crippen molar-refractivity contribution in [3.8, 4) is 0 Å². The van der Waals surface area contributed by atoms with Crippen LogP contribution in [0.15, 0.2) is 30.3 Å². The summed E-state index contributed by atoms with van der Waals surface area (Å²) in [4.78, 5) is 23.7. The highest BCUT2D eigenvalue weighted by molar-refractivity contribution is 7.19. The third kappa shape index (κ3) is 5.86. The number of carbonyl (C=O) groups is 2. The van der Waals surface area contributed by atoms with Crippen LogP contribution in [0.2, 0.25) is 0 Å². The fraction of sp³-hybridized carbons (Fsp3) is 0.565. The summed E-state index contributed by atoms with van der Waals surface area (Å²) in [7, 11) is 0. The Kier molecular flexibility index (Phi) is 7.78. The normalized spacial score (nSPS) is 23.0. The molecule has 29 heavy (non-hydrogen) atoms. The maximum atomic E-state index is 14.5. The van der Waals surface area contributed by atoms with E-state index in [2.05, 4.69) is 0 Å². The predicted octanol–water partition coefficient (Wildman–Crippen LogP) is 5.68. The van der Waals surface area contributed by atoms with Gasteiger partial charge in [0.15, 0.2) is 0 Å². The molecule has 1 aromatic heterocycles. The second-order valence-electron chi connectivity index (χ2n) is 8.08. The van der Waals surface area contributed by atoms with E-state index in [0.717, 1.165) is 34.2 Å². The van der Waals surface area contributed by atoms with E-state index >= 15 is 0 Å². The number of fused-ring (bicyclic) bond motifs is 1. The molecule has 1 heterocycles. The number of Topliss-reactive ketones (excluding diaryl/α,β-unsaturated/α-hetero) is 1. The lowest BCUT2D eigenvalue weighted by atomic mass is 9.85. The molecule has 0 bridgehead atoms. The molecule has 1 aliphatic rings. The molecule has 0 aliphatic heterocycles. The minimum atomic E-state index is -1.12. The lowest BCUT2D eigenvalue weighted by Gasteiger charge is -2.21. The molecule has 0 spiro atoms. The number of benzene rings is 1. The molecule has 1 unspecified atom stereocenters. The molecule has 1 fully saturated rings. The molecule has 0 amide bonds. The van der Waals surface area contributed by atoms with Gasteiger partial charge in [-0.3, -0.25) is 9.59 Å². The number of hydrogen-bond donors (Lipinski definition) is 2. The van der Waals surface area contributed by atoms with Crippen molar-refractivity contribution in [3.63, 3.8) is 0 Å². The Labute approximate surface area is 174 Å². The van der Waals surface area contributed by atoms with Crippen LogP contribution < -0.4 is 0 Å². The molecule has 0 radical (unpaired) electrons. The van der Waals surface area contributed by atoms with Gasteiger partial charge in [0.05, 0.1) is 6.10 Å². The van der Waals surface area contributed by atoms with Gasteiger partial charge in [-0.2, -0.15) is 0 Å². The second-order valence-corrected chi connectivity index (χ2v) is 9.20. The first kappa shape index (κ1) is 21.9.